The van der Waals surface area contributed by atoms with Gasteiger partial charge in [0.25, 0.3) is 10.0 Å². The van der Waals surface area contributed by atoms with E-state index in [4.69, 9.17) is 4.74 Å². The molecule has 0 aromatic heterocycles. The number of halogens is 1. The van der Waals surface area contributed by atoms with Gasteiger partial charge in [0, 0.05) is 16.8 Å². The molecule has 0 amide bonds. The summed E-state index contributed by atoms with van der Waals surface area (Å²) in [6.45, 7) is 2.42. The Morgan fingerprint density at radius 1 is 0.938 bits per heavy atom. The van der Waals surface area contributed by atoms with E-state index in [0.29, 0.717) is 29.2 Å². The van der Waals surface area contributed by atoms with Gasteiger partial charge in [-0.05, 0) is 61.5 Å². The number of sulfonamides is 1. The number of ketones is 1. The Morgan fingerprint density at radius 3 is 2.25 bits per heavy atom. The Hall–Kier alpha value is -3.78. The molecule has 0 bridgehead atoms. The molecule has 1 N–H and O–H groups in total. The normalized spacial score (nSPS) is 14.6. The molecule has 0 heterocycles. The van der Waals surface area contributed by atoms with Crippen molar-refractivity contribution in [2.24, 2.45) is 4.40 Å². The maximum atomic E-state index is 13.2. The number of fused-ring (bicyclic) bond motifs is 1. The van der Waals surface area contributed by atoms with Crippen LogP contribution in [0.1, 0.15) is 22.8 Å². The molecule has 6 nitrogen and oxygen atoms in total. The lowest BCUT2D eigenvalue weighted by Gasteiger charge is -2.19. The third kappa shape index (κ3) is 4.45. The number of allylic oxidation sites excluding steroid dienone is 2. The van der Waals surface area contributed by atoms with Gasteiger partial charge in [0.05, 0.1) is 22.9 Å². The first kappa shape index (κ1) is 21.5. The Balaban J connectivity index is 1.74. The summed E-state index contributed by atoms with van der Waals surface area (Å²) in [7, 11) is -4.12. The number of Topliss-reactive ketones (excluding diaryl/α,β-unsaturated/α-hetero) is 1. The van der Waals surface area contributed by atoms with Gasteiger partial charge in [-0.1, -0.05) is 24.3 Å². The first-order valence-corrected chi connectivity index (χ1v) is 11.3. The van der Waals surface area contributed by atoms with Crippen molar-refractivity contribution in [2.45, 2.75) is 11.8 Å². The standard InChI is InChI=1S/C24H19FN2O4S/c1-2-31-18-11-9-17(10-12-18)26-23-15-22(20-5-3-4-6-21(20)24(23)28)27-32(29,30)19-13-7-16(25)8-14-19/h3-15,26H,2H2,1H3/b27-22-. The number of hydrogen-bond acceptors (Lipinski definition) is 5. The summed E-state index contributed by atoms with van der Waals surface area (Å²) in [6.07, 6.45) is 1.40. The minimum absolute atomic E-state index is 0.109. The van der Waals surface area contributed by atoms with Gasteiger partial charge in [0.15, 0.2) is 0 Å². The molecule has 32 heavy (non-hydrogen) atoms. The summed E-state index contributed by atoms with van der Waals surface area (Å²) in [4.78, 5) is 12.9. The molecule has 4 rings (SSSR count). The number of rotatable bonds is 6. The fraction of sp³-hybridized carbons (Fsp3) is 0.0833. The van der Waals surface area contributed by atoms with E-state index in [9.17, 15) is 17.6 Å². The number of nitrogens with zero attached hydrogens (tertiary/aromatic N) is 1. The lowest BCUT2D eigenvalue weighted by Crippen LogP contribution is -2.22. The highest BCUT2D eigenvalue weighted by atomic mass is 32.2. The van der Waals surface area contributed by atoms with Crippen molar-refractivity contribution in [2.75, 3.05) is 11.9 Å². The molecule has 0 saturated heterocycles. The highest BCUT2D eigenvalue weighted by Gasteiger charge is 2.26. The van der Waals surface area contributed by atoms with Crippen LogP contribution in [0.2, 0.25) is 0 Å². The minimum atomic E-state index is -4.12. The third-order valence-corrected chi connectivity index (χ3v) is 6.05. The fourth-order valence-electron chi connectivity index (χ4n) is 3.24. The zero-order valence-electron chi connectivity index (χ0n) is 17.1. The molecule has 8 heteroatoms. The van der Waals surface area contributed by atoms with Crippen molar-refractivity contribution in [3.05, 3.63) is 102 Å². The van der Waals surface area contributed by atoms with Crippen molar-refractivity contribution in [3.8, 4) is 5.75 Å². The summed E-state index contributed by atoms with van der Waals surface area (Å²) in [5, 5.41) is 3.03. The zero-order chi connectivity index (χ0) is 22.7. The molecule has 0 radical (unpaired) electrons. The molecule has 0 atom stereocenters. The van der Waals surface area contributed by atoms with Gasteiger partial charge in [-0.3, -0.25) is 4.79 Å². The summed E-state index contributed by atoms with van der Waals surface area (Å²) in [6, 6.07) is 18.1. The van der Waals surface area contributed by atoms with Gasteiger partial charge in [-0.15, -0.1) is 0 Å². The van der Waals surface area contributed by atoms with Crippen molar-refractivity contribution in [3.63, 3.8) is 0 Å². The number of carbonyl (C=O) groups is 1. The number of nitrogens with one attached hydrogen (secondary N) is 1. The molecular weight excluding hydrogens is 431 g/mol. The van der Waals surface area contributed by atoms with E-state index < -0.39 is 15.8 Å². The van der Waals surface area contributed by atoms with E-state index in [1.54, 1.807) is 48.5 Å². The van der Waals surface area contributed by atoms with E-state index in [0.717, 1.165) is 24.3 Å². The molecule has 0 fully saturated rings. The maximum Gasteiger partial charge on any atom is 0.282 e. The molecule has 0 saturated carbocycles. The van der Waals surface area contributed by atoms with Crippen molar-refractivity contribution in [1.29, 1.82) is 0 Å². The molecule has 162 valence electrons. The third-order valence-electron chi connectivity index (χ3n) is 4.75. The molecule has 3 aromatic carbocycles. The number of ether oxygens (including phenoxy) is 1. The summed E-state index contributed by atoms with van der Waals surface area (Å²) >= 11 is 0. The van der Waals surface area contributed by atoms with E-state index in [-0.39, 0.29) is 22.1 Å². The molecule has 3 aromatic rings. The number of carbonyl (C=O) groups excluding carboxylic acids is 1. The van der Waals surface area contributed by atoms with Crippen LogP contribution in [0.3, 0.4) is 0 Å². The van der Waals surface area contributed by atoms with Crippen LogP contribution in [-0.2, 0) is 10.0 Å². The highest BCUT2D eigenvalue weighted by Crippen LogP contribution is 2.26. The molecule has 0 spiro atoms. The van der Waals surface area contributed by atoms with Gasteiger partial charge >= 0.3 is 0 Å². The largest absolute Gasteiger partial charge is 0.494 e. The Labute approximate surface area is 185 Å². The van der Waals surface area contributed by atoms with Crippen LogP contribution in [0, 0.1) is 5.82 Å². The Kier molecular flexibility index (Phi) is 5.87. The lowest BCUT2D eigenvalue weighted by molar-refractivity contribution is 0.103. The van der Waals surface area contributed by atoms with Gasteiger partial charge < -0.3 is 10.1 Å². The SMILES string of the molecule is CCOc1ccc(NC2=C/C(=N/S(=O)(=O)c3ccc(F)cc3)c3ccccc3C2=O)cc1. The van der Waals surface area contributed by atoms with Crippen molar-refractivity contribution in [1.82, 2.24) is 0 Å². The highest BCUT2D eigenvalue weighted by molar-refractivity contribution is 7.90. The molecule has 1 aliphatic rings. The summed E-state index contributed by atoms with van der Waals surface area (Å²) in [5.74, 6) is -0.139. The second kappa shape index (κ2) is 8.76. The second-order valence-electron chi connectivity index (χ2n) is 6.92. The number of hydrogen-bond donors (Lipinski definition) is 1. The van der Waals surface area contributed by atoms with E-state index in [1.807, 2.05) is 6.92 Å². The smallest absolute Gasteiger partial charge is 0.282 e. The van der Waals surface area contributed by atoms with E-state index >= 15 is 0 Å². The quantitative estimate of drug-likeness (QED) is 0.594. The predicted molar refractivity (Wildman–Crippen MR) is 120 cm³/mol. The van der Waals surface area contributed by atoms with Crippen molar-refractivity contribution < 1.29 is 22.3 Å². The van der Waals surface area contributed by atoms with Crippen LogP contribution in [0.25, 0.3) is 0 Å². The predicted octanol–water partition coefficient (Wildman–Crippen LogP) is 4.59. The monoisotopic (exact) mass is 450 g/mol. The van der Waals surface area contributed by atoms with Crippen LogP contribution in [0.15, 0.2) is 93.9 Å². The summed E-state index contributed by atoms with van der Waals surface area (Å²) < 4.78 is 48.2. The molecular formula is C24H19FN2O4S. The number of benzene rings is 3. The number of anilines is 1. The first-order chi connectivity index (χ1) is 15.4. The van der Waals surface area contributed by atoms with Crippen LogP contribution in [0.4, 0.5) is 10.1 Å². The maximum absolute atomic E-state index is 13.2. The molecule has 1 aliphatic carbocycles. The van der Waals surface area contributed by atoms with Crippen molar-refractivity contribution >= 4 is 27.2 Å². The fourth-order valence-corrected chi connectivity index (χ4v) is 4.24. The van der Waals surface area contributed by atoms with Crippen LogP contribution in [0.5, 0.6) is 5.75 Å². The summed E-state index contributed by atoms with van der Waals surface area (Å²) in [5.41, 5.74) is 1.66. The van der Waals surface area contributed by atoms with Gasteiger partial charge in [-0.25, -0.2) is 4.39 Å². The lowest BCUT2D eigenvalue weighted by atomic mass is 9.92. The van der Waals surface area contributed by atoms with Crippen LogP contribution >= 0.6 is 0 Å². The topological polar surface area (TPSA) is 84.8 Å². The second-order valence-corrected chi connectivity index (χ2v) is 8.52. The van der Waals surface area contributed by atoms with Gasteiger partial charge in [0.1, 0.15) is 11.6 Å². The van der Waals surface area contributed by atoms with Crippen LogP contribution < -0.4 is 10.1 Å². The van der Waals surface area contributed by atoms with Gasteiger partial charge in [0.2, 0.25) is 5.78 Å². The average Bonchev–Trinajstić information content (AvgIpc) is 2.78. The average molecular weight is 450 g/mol. The van der Waals surface area contributed by atoms with E-state index in [1.165, 1.54) is 6.08 Å². The zero-order valence-corrected chi connectivity index (χ0v) is 17.9. The van der Waals surface area contributed by atoms with E-state index in [2.05, 4.69) is 9.71 Å². The Morgan fingerprint density at radius 2 is 1.59 bits per heavy atom. The molecule has 0 aliphatic heterocycles. The minimum Gasteiger partial charge on any atom is -0.494 e. The van der Waals surface area contributed by atoms with Crippen LogP contribution in [-0.4, -0.2) is 26.5 Å². The first-order valence-electron chi connectivity index (χ1n) is 9.83. The molecule has 0 unspecified atom stereocenters. The Bertz CT molecular complexity index is 1330. The van der Waals surface area contributed by atoms with Gasteiger partial charge in [-0.2, -0.15) is 12.8 Å².